The summed E-state index contributed by atoms with van der Waals surface area (Å²) in [4.78, 5) is 0. The second-order valence-corrected chi connectivity index (χ2v) is 1.88. The third-order valence-electron chi connectivity index (χ3n) is 1.09. The predicted molar refractivity (Wildman–Crippen MR) is 39.7 cm³/mol. The van der Waals surface area contributed by atoms with Gasteiger partial charge in [0.25, 0.3) is 0 Å². The summed E-state index contributed by atoms with van der Waals surface area (Å²) >= 11 is 0. The van der Waals surface area contributed by atoms with Crippen LogP contribution >= 0.6 is 0 Å². The number of hydrogen-bond donors (Lipinski definition) is 0. The van der Waals surface area contributed by atoms with Crippen LogP contribution in [0.5, 0.6) is 0 Å². The normalized spacial score (nSPS) is 9.00. The van der Waals surface area contributed by atoms with Gasteiger partial charge in [-0.2, -0.15) is 0 Å². The van der Waals surface area contributed by atoms with Gasteiger partial charge in [-0.25, -0.2) is 0 Å². The van der Waals surface area contributed by atoms with E-state index < -0.39 is 0 Å². The Morgan fingerprint density at radius 2 is 2.22 bits per heavy atom. The zero-order valence-electron chi connectivity index (χ0n) is 5.22. The second kappa shape index (κ2) is 2.49. The molecule has 0 nitrogen and oxygen atoms in total. The van der Waals surface area contributed by atoms with Crippen molar-refractivity contribution < 1.29 is 0 Å². The minimum atomic E-state index is 0.815. The summed E-state index contributed by atoms with van der Waals surface area (Å²) in [7, 11) is 0. The quantitative estimate of drug-likeness (QED) is 0.528. The van der Waals surface area contributed by atoms with Gasteiger partial charge >= 0.3 is 0 Å². The molecule has 0 amide bonds. The summed E-state index contributed by atoms with van der Waals surface area (Å²) in [5.74, 6) is 0. The van der Waals surface area contributed by atoms with E-state index in [2.05, 4.69) is 19.6 Å². The van der Waals surface area contributed by atoms with Gasteiger partial charge in [0, 0.05) is 0 Å². The van der Waals surface area contributed by atoms with E-state index in [1.807, 2.05) is 24.3 Å². The maximum absolute atomic E-state index is 3.68. The molecule has 0 bridgehead atoms. The Morgan fingerprint density at radius 3 is 2.56 bits per heavy atom. The van der Waals surface area contributed by atoms with E-state index in [-0.39, 0.29) is 0 Å². The van der Waals surface area contributed by atoms with E-state index in [9.17, 15) is 0 Å². The van der Waals surface area contributed by atoms with Gasteiger partial charge in [0.05, 0.1) is 0 Å². The molecule has 2 radical (unpaired) electrons. The lowest BCUT2D eigenvalue weighted by Crippen LogP contribution is -1.74. The molecule has 0 aliphatic rings. The molecule has 0 aliphatic carbocycles. The molecule has 0 heterocycles. The molecule has 0 unspecified atom stereocenters. The molecule has 0 aromatic heterocycles. The first kappa shape index (κ1) is 6.09. The minimum Gasteiger partial charge on any atom is -0.0952 e. The fourth-order valence-corrected chi connectivity index (χ4v) is 0.613. The standard InChI is InChI=1S/C9H8/c1-8(2)9-6-4-3-5-7-9/h3-6H,1-2H2. The maximum atomic E-state index is 3.68. The van der Waals surface area contributed by atoms with E-state index in [1.54, 1.807) is 0 Å². The molecule has 0 N–H and O–H groups in total. The number of rotatable bonds is 1. The highest BCUT2D eigenvalue weighted by molar-refractivity contribution is 5.65. The minimum absolute atomic E-state index is 0.815. The number of hydrogen-bond acceptors (Lipinski definition) is 0. The first-order chi connectivity index (χ1) is 4.30. The van der Waals surface area contributed by atoms with Gasteiger partial charge in [0.1, 0.15) is 0 Å². The van der Waals surface area contributed by atoms with E-state index in [4.69, 9.17) is 0 Å². The van der Waals surface area contributed by atoms with Crippen molar-refractivity contribution in [3.8, 4) is 0 Å². The van der Waals surface area contributed by atoms with Crippen molar-refractivity contribution in [2.24, 2.45) is 0 Å². The van der Waals surface area contributed by atoms with Crippen molar-refractivity contribution >= 4 is 5.57 Å². The molecule has 1 aromatic carbocycles. The van der Waals surface area contributed by atoms with Crippen molar-refractivity contribution in [2.45, 2.75) is 0 Å². The Balaban J connectivity index is 2.98. The lowest BCUT2D eigenvalue weighted by molar-refractivity contribution is 1.61. The van der Waals surface area contributed by atoms with Crippen LogP contribution in [0.3, 0.4) is 0 Å². The monoisotopic (exact) mass is 116 g/mol. The molecule has 0 spiro atoms. The summed E-state index contributed by atoms with van der Waals surface area (Å²) in [6.07, 6.45) is 0. The van der Waals surface area contributed by atoms with Gasteiger partial charge in [-0.3, -0.25) is 0 Å². The maximum Gasteiger partial charge on any atom is -0.0103 e. The molecule has 0 heteroatoms. The van der Waals surface area contributed by atoms with Gasteiger partial charge < -0.3 is 0 Å². The lowest BCUT2D eigenvalue weighted by atomic mass is 10.1. The van der Waals surface area contributed by atoms with Crippen LogP contribution in [0.15, 0.2) is 30.8 Å². The van der Waals surface area contributed by atoms with Crippen molar-refractivity contribution in [2.75, 3.05) is 0 Å². The molecule has 9 heavy (non-hydrogen) atoms. The Morgan fingerprint density at radius 1 is 1.44 bits per heavy atom. The smallest absolute Gasteiger partial charge is 0.0103 e. The van der Waals surface area contributed by atoms with E-state index in [0.717, 1.165) is 11.1 Å². The summed E-state index contributed by atoms with van der Waals surface area (Å²) in [6, 6.07) is 10.7. The van der Waals surface area contributed by atoms with Crippen molar-refractivity contribution in [3.63, 3.8) is 0 Å². The zero-order chi connectivity index (χ0) is 6.69. The highest BCUT2D eigenvalue weighted by atomic mass is 13.9. The largest absolute Gasteiger partial charge is 0.0952 e. The molecule has 1 aromatic rings. The van der Waals surface area contributed by atoms with Crippen LogP contribution in [0.1, 0.15) is 5.56 Å². The first-order valence-electron chi connectivity index (χ1n) is 2.78. The van der Waals surface area contributed by atoms with Crippen molar-refractivity contribution in [3.05, 3.63) is 49.4 Å². The number of allylic oxidation sites excluding steroid dienone is 1. The van der Waals surface area contributed by atoms with Gasteiger partial charge in [-0.1, -0.05) is 30.8 Å². The molecule has 0 saturated carbocycles. The second-order valence-electron chi connectivity index (χ2n) is 1.88. The molecule has 44 valence electrons. The van der Waals surface area contributed by atoms with Crippen LogP contribution in [-0.2, 0) is 0 Å². The predicted octanol–water partition coefficient (Wildman–Crippen LogP) is 2.33. The Labute approximate surface area is 55.8 Å². The third-order valence-corrected chi connectivity index (χ3v) is 1.09. The van der Waals surface area contributed by atoms with Gasteiger partial charge in [-0.15, -0.1) is 0 Å². The highest BCUT2D eigenvalue weighted by Crippen LogP contribution is 2.07. The van der Waals surface area contributed by atoms with E-state index >= 15 is 0 Å². The average Bonchev–Trinajstić information content (AvgIpc) is 1.90. The van der Waals surface area contributed by atoms with Gasteiger partial charge in [-0.05, 0) is 24.1 Å². The van der Waals surface area contributed by atoms with Crippen molar-refractivity contribution in [1.29, 1.82) is 0 Å². The lowest BCUT2D eigenvalue weighted by Gasteiger charge is -1.93. The summed E-state index contributed by atoms with van der Waals surface area (Å²) in [6.45, 7) is 7.37. The fraction of sp³-hybridized carbons (Fsp3) is 0. The van der Waals surface area contributed by atoms with Crippen LogP contribution in [-0.4, -0.2) is 0 Å². The van der Waals surface area contributed by atoms with Gasteiger partial charge in [0.15, 0.2) is 0 Å². The van der Waals surface area contributed by atoms with E-state index in [1.165, 1.54) is 0 Å². The zero-order valence-corrected chi connectivity index (χ0v) is 5.22. The third kappa shape index (κ3) is 1.43. The average molecular weight is 116 g/mol. The molecule has 0 saturated heterocycles. The van der Waals surface area contributed by atoms with Crippen LogP contribution in [0.4, 0.5) is 0 Å². The molecular weight excluding hydrogens is 108 g/mol. The van der Waals surface area contributed by atoms with Crippen molar-refractivity contribution in [1.82, 2.24) is 0 Å². The Kier molecular flexibility index (Phi) is 1.69. The Bertz CT molecular complexity index is 197. The van der Waals surface area contributed by atoms with Crippen LogP contribution in [0, 0.1) is 13.0 Å². The van der Waals surface area contributed by atoms with Gasteiger partial charge in [0.2, 0.25) is 0 Å². The highest BCUT2D eigenvalue weighted by Gasteiger charge is 1.87. The van der Waals surface area contributed by atoms with E-state index in [0.29, 0.717) is 0 Å². The van der Waals surface area contributed by atoms with Crippen LogP contribution < -0.4 is 0 Å². The van der Waals surface area contributed by atoms with Crippen LogP contribution in [0.2, 0.25) is 0 Å². The summed E-state index contributed by atoms with van der Waals surface area (Å²) < 4.78 is 0. The molecule has 1 rings (SSSR count). The molecule has 0 aliphatic heterocycles. The summed E-state index contributed by atoms with van der Waals surface area (Å²) in [5.41, 5.74) is 1.80. The summed E-state index contributed by atoms with van der Waals surface area (Å²) in [5, 5.41) is 0. The fourth-order valence-electron chi connectivity index (χ4n) is 0.613. The Hall–Kier alpha value is -1.04. The molecule has 0 fully saturated rings. The van der Waals surface area contributed by atoms with Crippen LogP contribution in [0.25, 0.3) is 5.57 Å². The first-order valence-corrected chi connectivity index (χ1v) is 2.78. The molecular formula is C9H8. The molecule has 0 atom stereocenters. The number of benzene rings is 1. The topological polar surface area (TPSA) is 0 Å². The SMILES string of the molecule is [CH2]C(=C)c1[c]cccc1.